The highest BCUT2D eigenvalue weighted by Crippen LogP contribution is 2.17. The summed E-state index contributed by atoms with van der Waals surface area (Å²) in [4.78, 5) is 2.23. The van der Waals surface area contributed by atoms with Crippen molar-refractivity contribution in [3.63, 3.8) is 0 Å². The van der Waals surface area contributed by atoms with Crippen LogP contribution in [0.3, 0.4) is 0 Å². The summed E-state index contributed by atoms with van der Waals surface area (Å²) in [7, 11) is 3.71. The number of nitrogens with zero attached hydrogens (tertiary/aromatic N) is 1. The summed E-state index contributed by atoms with van der Waals surface area (Å²) >= 11 is 0. The Morgan fingerprint density at radius 3 is 2.60 bits per heavy atom. The van der Waals surface area contributed by atoms with Crippen LogP contribution in [0.1, 0.15) is 85.5 Å². The average molecular weight is 478 g/mol. The molecular formula is C32H47NO2. The lowest BCUT2D eigenvalue weighted by atomic mass is 10.1. The first-order valence-electron chi connectivity index (χ1n) is 13.2. The number of terminal acetylenes is 1. The molecule has 0 aliphatic heterocycles. The molecule has 1 atom stereocenters. The summed E-state index contributed by atoms with van der Waals surface area (Å²) in [6.07, 6.45) is 30.8. The Morgan fingerprint density at radius 1 is 1.17 bits per heavy atom. The average Bonchev–Trinajstić information content (AvgIpc) is 3.07. The van der Waals surface area contributed by atoms with Crippen LogP contribution in [0.2, 0.25) is 0 Å². The summed E-state index contributed by atoms with van der Waals surface area (Å²) in [6.45, 7) is 8.89. The van der Waals surface area contributed by atoms with E-state index in [4.69, 9.17) is 15.9 Å². The van der Waals surface area contributed by atoms with Gasteiger partial charge >= 0.3 is 0 Å². The maximum Gasteiger partial charge on any atom is 0.164 e. The van der Waals surface area contributed by atoms with Gasteiger partial charge in [-0.3, -0.25) is 0 Å². The molecule has 0 heterocycles. The van der Waals surface area contributed by atoms with Gasteiger partial charge in [0.2, 0.25) is 0 Å². The topological polar surface area (TPSA) is 21.7 Å². The fourth-order valence-corrected chi connectivity index (χ4v) is 3.63. The van der Waals surface area contributed by atoms with E-state index < -0.39 is 11.9 Å². The molecule has 35 heavy (non-hydrogen) atoms. The Hall–Kier alpha value is -2.46. The maximum absolute atomic E-state index is 5.86. The number of hydrogen-bond acceptors (Lipinski definition) is 3. The molecule has 1 aliphatic rings. The molecule has 0 aromatic carbocycles. The Bertz CT molecular complexity index is 867. The third kappa shape index (κ3) is 13.9. The summed E-state index contributed by atoms with van der Waals surface area (Å²) in [5.74, 6) is 8.69. The highest BCUT2D eigenvalue weighted by atomic mass is 16.7. The molecule has 0 amide bonds. The lowest BCUT2D eigenvalue weighted by molar-refractivity contribution is -0.203. The van der Waals surface area contributed by atoms with Crippen molar-refractivity contribution in [3.05, 3.63) is 59.4 Å². The SMILES string of the molecule is C#CC(/C=C\C(=C/CC)N(C)CC1=CC=C(C#CCCCCCCCC)CC=C1)OC(C)(C)OC. The molecule has 0 fully saturated rings. The number of rotatable bonds is 15. The standard InChI is InChI=1S/C32H47NO2/c1-8-11-12-13-14-15-16-17-20-28-21-18-22-29(24-23-28)27-33(6)30(19-9-2)25-26-31(10-3)35-32(4,5)34-7/h3,18-19,22-26,31H,8-9,11-16,21,27H2,1-2,4-7H3/b26-25-,30-19+. The minimum atomic E-state index is -0.737. The molecule has 0 N–H and O–H groups in total. The second-order valence-electron chi connectivity index (χ2n) is 9.42. The molecule has 3 nitrogen and oxygen atoms in total. The summed E-state index contributed by atoms with van der Waals surface area (Å²) in [5.41, 5.74) is 3.54. The summed E-state index contributed by atoms with van der Waals surface area (Å²) in [6, 6.07) is 0. The van der Waals surface area contributed by atoms with Gasteiger partial charge in [-0.15, -0.1) is 6.42 Å². The zero-order valence-corrected chi connectivity index (χ0v) is 23.0. The second kappa shape index (κ2) is 17.9. The van der Waals surface area contributed by atoms with Crippen LogP contribution in [0.25, 0.3) is 0 Å². The van der Waals surface area contributed by atoms with Crippen LogP contribution in [0, 0.1) is 24.2 Å². The van der Waals surface area contributed by atoms with Gasteiger partial charge in [-0.1, -0.05) is 88.0 Å². The quantitative estimate of drug-likeness (QED) is 0.104. The molecule has 0 saturated carbocycles. The number of likely N-dealkylation sites (N-methyl/N-ethyl adjacent to an activating group) is 1. The van der Waals surface area contributed by atoms with E-state index in [9.17, 15) is 0 Å². The molecule has 3 heteroatoms. The molecule has 0 saturated heterocycles. The van der Waals surface area contributed by atoms with Gasteiger partial charge in [0, 0.05) is 38.4 Å². The van der Waals surface area contributed by atoms with E-state index in [1.165, 1.54) is 49.7 Å². The van der Waals surface area contributed by atoms with Gasteiger partial charge in [0.05, 0.1) is 0 Å². The molecule has 192 valence electrons. The van der Waals surface area contributed by atoms with E-state index in [0.29, 0.717) is 0 Å². The molecule has 0 spiro atoms. The molecule has 0 aromatic rings. The minimum Gasteiger partial charge on any atom is -0.371 e. The summed E-state index contributed by atoms with van der Waals surface area (Å²) in [5, 5.41) is 0. The third-order valence-corrected chi connectivity index (χ3v) is 5.85. The molecule has 1 aliphatic carbocycles. The van der Waals surface area contributed by atoms with Crippen molar-refractivity contribution in [1.82, 2.24) is 4.90 Å². The predicted octanol–water partition coefficient (Wildman–Crippen LogP) is 7.74. The first-order chi connectivity index (χ1) is 16.8. The van der Waals surface area contributed by atoms with Gasteiger partial charge < -0.3 is 14.4 Å². The highest BCUT2D eigenvalue weighted by molar-refractivity contribution is 5.40. The normalized spacial score (nSPS) is 15.1. The lowest BCUT2D eigenvalue weighted by Gasteiger charge is -2.26. The van der Waals surface area contributed by atoms with E-state index in [1.807, 2.05) is 26.0 Å². The van der Waals surface area contributed by atoms with Crippen LogP contribution < -0.4 is 0 Å². The van der Waals surface area contributed by atoms with Crippen molar-refractivity contribution in [3.8, 4) is 24.2 Å². The van der Waals surface area contributed by atoms with E-state index in [0.717, 1.165) is 31.5 Å². The van der Waals surface area contributed by atoms with Crippen molar-refractivity contribution in [1.29, 1.82) is 0 Å². The largest absolute Gasteiger partial charge is 0.371 e. The van der Waals surface area contributed by atoms with Crippen molar-refractivity contribution in [2.24, 2.45) is 0 Å². The summed E-state index contributed by atoms with van der Waals surface area (Å²) < 4.78 is 11.2. The maximum atomic E-state index is 5.86. The Kier molecular flexibility index (Phi) is 15.6. The molecule has 0 radical (unpaired) electrons. The van der Waals surface area contributed by atoms with Gasteiger partial charge in [0.15, 0.2) is 5.79 Å². The molecule has 0 aromatic heterocycles. The Morgan fingerprint density at radius 2 is 1.91 bits per heavy atom. The monoisotopic (exact) mass is 477 g/mol. The first-order valence-corrected chi connectivity index (χ1v) is 13.2. The van der Waals surface area contributed by atoms with E-state index in [-0.39, 0.29) is 0 Å². The fraction of sp³-hybridized carbons (Fsp3) is 0.562. The zero-order chi connectivity index (χ0) is 25.9. The number of methoxy groups -OCH3 is 1. The molecule has 0 bridgehead atoms. The Balaban J connectivity index is 2.70. The van der Waals surface area contributed by atoms with Gasteiger partial charge in [-0.2, -0.15) is 0 Å². The van der Waals surface area contributed by atoms with E-state index >= 15 is 0 Å². The first kappa shape index (κ1) is 30.6. The van der Waals surface area contributed by atoms with Crippen LogP contribution in [0.5, 0.6) is 0 Å². The molecule has 1 rings (SSSR count). The van der Waals surface area contributed by atoms with E-state index in [1.54, 1.807) is 7.11 Å². The lowest BCUT2D eigenvalue weighted by Crippen LogP contribution is -2.31. The van der Waals surface area contributed by atoms with Crippen LogP contribution in [0.15, 0.2) is 59.4 Å². The van der Waals surface area contributed by atoms with Crippen molar-refractivity contribution < 1.29 is 9.47 Å². The third-order valence-electron chi connectivity index (χ3n) is 5.85. The smallest absolute Gasteiger partial charge is 0.164 e. The van der Waals surface area contributed by atoms with Crippen molar-refractivity contribution >= 4 is 0 Å². The van der Waals surface area contributed by atoms with Crippen LogP contribution in [0.4, 0.5) is 0 Å². The van der Waals surface area contributed by atoms with Gasteiger partial charge in [-0.25, -0.2) is 0 Å². The zero-order valence-electron chi connectivity index (χ0n) is 23.0. The van der Waals surface area contributed by atoms with Gasteiger partial charge in [-0.05, 0) is 56.9 Å². The van der Waals surface area contributed by atoms with Crippen molar-refractivity contribution in [2.75, 3.05) is 20.7 Å². The predicted molar refractivity (Wildman–Crippen MR) is 151 cm³/mol. The number of hydrogen-bond donors (Lipinski definition) is 0. The second-order valence-corrected chi connectivity index (χ2v) is 9.42. The molecular weight excluding hydrogens is 430 g/mol. The van der Waals surface area contributed by atoms with Crippen LogP contribution >= 0.6 is 0 Å². The highest BCUT2D eigenvalue weighted by Gasteiger charge is 2.20. The molecule has 1 unspecified atom stereocenters. The van der Waals surface area contributed by atoms with E-state index in [2.05, 4.69) is 73.9 Å². The number of unbranched alkanes of at least 4 members (excludes halogenated alkanes) is 6. The van der Waals surface area contributed by atoms with Gasteiger partial charge in [0.1, 0.15) is 6.10 Å². The minimum absolute atomic E-state index is 0.462. The Labute approximate surface area is 216 Å². The number of allylic oxidation sites excluding steroid dienone is 6. The van der Waals surface area contributed by atoms with Crippen LogP contribution in [-0.2, 0) is 9.47 Å². The van der Waals surface area contributed by atoms with Crippen molar-refractivity contribution in [2.45, 2.75) is 97.4 Å². The van der Waals surface area contributed by atoms with Crippen LogP contribution in [-0.4, -0.2) is 37.5 Å². The van der Waals surface area contributed by atoms with Gasteiger partial charge in [0.25, 0.3) is 0 Å². The number of ether oxygens (including phenoxy) is 2. The fourth-order valence-electron chi connectivity index (χ4n) is 3.63.